The number of hydrogen-bond donors (Lipinski definition) is 1. The predicted octanol–water partition coefficient (Wildman–Crippen LogP) is 5.53. The molecule has 1 N–H and O–H groups in total. The van der Waals surface area contributed by atoms with Gasteiger partial charge in [-0.15, -0.1) is 0 Å². The Bertz CT molecular complexity index is 1830. The second kappa shape index (κ2) is 10.2. The van der Waals surface area contributed by atoms with Crippen molar-refractivity contribution in [2.45, 2.75) is 52.1 Å². The molecule has 1 amide bonds. The van der Waals surface area contributed by atoms with Crippen molar-refractivity contribution in [3.63, 3.8) is 0 Å². The standard InChI is InChI=1S/C32H31ClFN5O3/c1-6-25(41)37-15-19-12-21-30(38(19)14-18(37)5)20-13-22(33)28(26-23(34)8-7-9-24(26)40)36-31(20)39(32(21)42)29-17(4)10-11-35-27(29)16(2)3/h6-11,13,16,18-19,40H,1,12,14-15H2,2-5H3. The Balaban J connectivity index is 1.70. The van der Waals surface area contributed by atoms with Gasteiger partial charge >= 0.3 is 0 Å². The molecule has 1 aromatic carbocycles. The van der Waals surface area contributed by atoms with Crippen LogP contribution in [-0.2, 0) is 11.2 Å². The summed E-state index contributed by atoms with van der Waals surface area (Å²) in [4.78, 5) is 40.6. The molecular weight excluding hydrogens is 557 g/mol. The third-order valence-electron chi connectivity index (χ3n) is 8.35. The Labute approximate surface area is 247 Å². The minimum absolute atomic E-state index is 0.0110. The van der Waals surface area contributed by atoms with Crippen LogP contribution in [-0.4, -0.2) is 55.6 Å². The third-order valence-corrected chi connectivity index (χ3v) is 8.64. The Morgan fingerprint density at radius 1 is 1.24 bits per heavy atom. The number of nitrogens with zero attached hydrogens (tertiary/aromatic N) is 5. The monoisotopic (exact) mass is 587 g/mol. The summed E-state index contributed by atoms with van der Waals surface area (Å²) in [6, 6.07) is 7.30. The number of pyridine rings is 3. The highest BCUT2D eigenvalue weighted by Gasteiger charge is 2.42. The maximum absolute atomic E-state index is 15.1. The van der Waals surface area contributed by atoms with E-state index in [-0.39, 0.29) is 57.1 Å². The number of aromatic nitrogens is 3. The number of aryl methyl sites for hydroxylation is 1. The van der Waals surface area contributed by atoms with Crippen molar-refractivity contribution in [3.05, 3.63) is 87.2 Å². The van der Waals surface area contributed by atoms with Crippen LogP contribution in [0.1, 0.15) is 43.5 Å². The largest absolute Gasteiger partial charge is 0.507 e. The molecule has 0 aliphatic carbocycles. The summed E-state index contributed by atoms with van der Waals surface area (Å²) in [7, 11) is 0. The summed E-state index contributed by atoms with van der Waals surface area (Å²) in [5.41, 5.74) is 3.42. The minimum atomic E-state index is -0.684. The number of halogens is 2. The van der Waals surface area contributed by atoms with E-state index in [4.69, 9.17) is 16.6 Å². The lowest BCUT2D eigenvalue weighted by Gasteiger charge is -2.43. The van der Waals surface area contributed by atoms with Crippen LogP contribution in [0.3, 0.4) is 0 Å². The van der Waals surface area contributed by atoms with E-state index in [1.165, 1.54) is 24.3 Å². The number of anilines is 1. The summed E-state index contributed by atoms with van der Waals surface area (Å²) in [6.45, 7) is 12.5. The summed E-state index contributed by atoms with van der Waals surface area (Å²) in [5.74, 6) is -1.15. The fourth-order valence-corrected chi connectivity index (χ4v) is 6.64. The van der Waals surface area contributed by atoms with Gasteiger partial charge in [-0.3, -0.25) is 19.1 Å². The molecule has 2 aliphatic heterocycles. The molecule has 0 spiro atoms. The van der Waals surface area contributed by atoms with Crippen LogP contribution >= 0.6 is 11.6 Å². The number of benzene rings is 1. The third kappa shape index (κ3) is 4.17. The number of amides is 1. The number of hydrogen-bond acceptors (Lipinski definition) is 6. The van der Waals surface area contributed by atoms with Gasteiger partial charge in [-0.25, -0.2) is 9.37 Å². The summed E-state index contributed by atoms with van der Waals surface area (Å²) in [5, 5.41) is 11.4. The van der Waals surface area contributed by atoms with Gasteiger partial charge in [0.15, 0.2) is 0 Å². The summed E-state index contributed by atoms with van der Waals surface area (Å²) >= 11 is 6.80. The van der Waals surface area contributed by atoms with Crippen molar-refractivity contribution in [3.8, 4) is 22.7 Å². The minimum Gasteiger partial charge on any atom is -0.507 e. The SMILES string of the molecule is C=CC(=O)N1CC2Cc3c(c4cc(Cl)c(-c5c(O)cccc5F)nc4n(-c4c(C)ccnc4C(C)C)c3=O)N2CC1C. The molecule has 0 saturated carbocycles. The lowest BCUT2D eigenvalue weighted by molar-refractivity contribution is -0.128. The summed E-state index contributed by atoms with van der Waals surface area (Å²) < 4.78 is 16.7. The summed E-state index contributed by atoms with van der Waals surface area (Å²) in [6.07, 6.45) is 3.47. The first-order valence-corrected chi connectivity index (χ1v) is 14.3. The zero-order chi connectivity index (χ0) is 30.0. The smallest absolute Gasteiger partial charge is 0.262 e. The van der Waals surface area contributed by atoms with E-state index >= 15 is 4.39 Å². The quantitative estimate of drug-likeness (QED) is 0.316. The average Bonchev–Trinajstić information content (AvgIpc) is 3.32. The lowest BCUT2D eigenvalue weighted by atomic mass is 10.0. The average molecular weight is 588 g/mol. The molecule has 2 atom stereocenters. The number of fused-ring (bicyclic) bond motifs is 5. The van der Waals surface area contributed by atoms with Gasteiger partial charge in [-0.1, -0.05) is 38.1 Å². The van der Waals surface area contributed by atoms with Crippen molar-refractivity contribution in [1.82, 2.24) is 19.4 Å². The maximum atomic E-state index is 15.1. The Hall–Kier alpha value is -4.24. The maximum Gasteiger partial charge on any atom is 0.262 e. The van der Waals surface area contributed by atoms with Crippen LogP contribution in [0.15, 0.2) is 54.0 Å². The second-order valence-corrected chi connectivity index (χ2v) is 11.8. The number of phenols is 1. The normalized spacial score (nSPS) is 18.0. The van der Waals surface area contributed by atoms with Crippen molar-refractivity contribution in [2.75, 3.05) is 18.0 Å². The van der Waals surface area contributed by atoms with E-state index in [1.54, 1.807) is 21.7 Å². The first kappa shape index (κ1) is 27.9. The highest BCUT2D eigenvalue weighted by Crippen LogP contribution is 2.43. The van der Waals surface area contributed by atoms with Crippen LogP contribution in [0.5, 0.6) is 5.75 Å². The molecule has 2 aliphatic rings. The number of piperazine rings is 1. The van der Waals surface area contributed by atoms with Crippen molar-refractivity contribution >= 4 is 34.2 Å². The number of rotatable bonds is 4. The van der Waals surface area contributed by atoms with Gasteiger partial charge in [-0.05, 0) is 55.7 Å². The molecule has 1 fully saturated rings. The van der Waals surface area contributed by atoms with Gasteiger partial charge in [0.2, 0.25) is 5.91 Å². The van der Waals surface area contributed by atoms with Crippen molar-refractivity contribution in [2.24, 2.45) is 0 Å². The topological polar surface area (TPSA) is 91.6 Å². The van der Waals surface area contributed by atoms with Crippen LogP contribution in [0, 0.1) is 12.7 Å². The molecular formula is C32H31ClFN5O3. The fourth-order valence-electron chi connectivity index (χ4n) is 6.39. The molecule has 2 unspecified atom stereocenters. The van der Waals surface area contributed by atoms with E-state index in [2.05, 4.69) is 16.5 Å². The first-order valence-electron chi connectivity index (χ1n) is 13.9. The highest BCUT2D eigenvalue weighted by atomic mass is 35.5. The van der Waals surface area contributed by atoms with Gasteiger partial charge in [0, 0.05) is 42.7 Å². The van der Waals surface area contributed by atoms with Gasteiger partial charge < -0.3 is 14.9 Å². The van der Waals surface area contributed by atoms with Gasteiger partial charge in [0.05, 0.1) is 39.4 Å². The second-order valence-electron chi connectivity index (χ2n) is 11.4. The van der Waals surface area contributed by atoms with E-state index in [9.17, 15) is 14.7 Å². The fraction of sp³-hybridized carbons (Fsp3) is 0.312. The Morgan fingerprint density at radius 2 is 2.00 bits per heavy atom. The Kier molecular flexibility index (Phi) is 6.80. The van der Waals surface area contributed by atoms with E-state index in [0.717, 1.165) is 16.9 Å². The van der Waals surface area contributed by atoms with E-state index in [1.807, 2.05) is 33.8 Å². The van der Waals surface area contributed by atoms with E-state index in [0.29, 0.717) is 36.1 Å². The molecule has 6 rings (SSSR count). The molecule has 0 bridgehead atoms. The van der Waals surface area contributed by atoms with Crippen LogP contribution in [0.2, 0.25) is 5.02 Å². The van der Waals surface area contributed by atoms with Gasteiger partial charge in [0.25, 0.3) is 5.56 Å². The molecule has 8 nitrogen and oxygen atoms in total. The molecule has 0 radical (unpaired) electrons. The van der Waals surface area contributed by atoms with Crippen molar-refractivity contribution in [1.29, 1.82) is 0 Å². The molecule has 3 aromatic heterocycles. The highest BCUT2D eigenvalue weighted by molar-refractivity contribution is 6.34. The number of phenolic OH excluding ortho intramolecular Hbond substituents is 1. The molecule has 5 heterocycles. The van der Waals surface area contributed by atoms with Gasteiger partial charge in [0.1, 0.15) is 17.2 Å². The molecule has 10 heteroatoms. The van der Waals surface area contributed by atoms with Crippen molar-refractivity contribution < 1.29 is 14.3 Å². The number of aromatic hydroxyl groups is 1. The Morgan fingerprint density at radius 3 is 2.69 bits per heavy atom. The molecule has 42 heavy (non-hydrogen) atoms. The van der Waals surface area contributed by atoms with Crippen LogP contribution in [0.4, 0.5) is 10.1 Å². The van der Waals surface area contributed by atoms with Crippen LogP contribution < -0.4 is 10.5 Å². The predicted molar refractivity (Wildman–Crippen MR) is 162 cm³/mol. The molecule has 216 valence electrons. The number of carbonyl (C=O) groups is 1. The van der Waals surface area contributed by atoms with E-state index < -0.39 is 5.82 Å². The molecule has 1 saturated heterocycles. The number of carbonyl (C=O) groups excluding carboxylic acids is 1. The zero-order valence-corrected chi connectivity index (χ0v) is 24.6. The lowest BCUT2D eigenvalue weighted by Crippen LogP contribution is -2.57. The van der Waals surface area contributed by atoms with Crippen LogP contribution in [0.25, 0.3) is 28.0 Å². The van der Waals surface area contributed by atoms with Gasteiger partial charge in [-0.2, -0.15) is 0 Å². The first-order chi connectivity index (χ1) is 20.0. The zero-order valence-electron chi connectivity index (χ0n) is 23.9. The molecule has 4 aromatic rings.